The predicted octanol–water partition coefficient (Wildman–Crippen LogP) is 0.984. The van der Waals surface area contributed by atoms with E-state index in [-0.39, 0.29) is 0 Å². The summed E-state index contributed by atoms with van der Waals surface area (Å²) in [6, 6.07) is 11.6. The van der Waals surface area contributed by atoms with Crippen LogP contribution >= 0.6 is 0 Å². The molecule has 1 fully saturated rings. The molecule has 4 N–H and O–H groups in total. The molecule has 0 spiro atoms. The second-order valence-electron chi connectivity index (χ2n) is 4.20. The average molecular weight is 205 g/mol. The SMILES string of the molecule is CC1NNC(CCN)C1c1ccccc1. The van der Waals surface area contributed by atoms with Gasteiger partial charge in [-0.2, -0.15) is 0 Å². The molecule has 0 aromatic heterocycles. The van der Waals surface area contributed by atoms with Gasteiger partial charge in [0.1, 0.15) is 0 Å². The maximum Gasteiger partial charge on any atom is 0.0309 e. The zero-order chi connectivity index (χ0) is 10.7. The molecule has 0 amide bonds. The van der Waals surface area contributed by atoms with Gasteiger partial charge in [0.15, 0.2) is 0 Å². The number of benzene rings is 1. The Kier molecular flexibility index (Phi) is 3.36. The quantitative estimate of drug-likeness (QED) is 0.689. The molecular weight excluding hydrogens is 186 g/mol. The molecule has 3 atom stereocenters. The van der Waals surface area contributed by atoms with Crippen molar-refractivity contribution >= 4 is 0 Å². The van der Waals surface area contributed by atoms with Gasteiger partial charge in [-0.25, -0.2) is 0 Å². The van der Waals surface area contributed by atoms with Crippen LogP contribution < -0.4 is 16.6 Å². The third kappa shape index (κ3) is 2.20. The van der Waals surface area contributed by atoms with Crippen LogP contribution in [0, 0.1) is 0 Å². The van der Waals surface area contributed by atoms with Crippen molar-refractivity contribution in [1.29, 1.82) is 0 Å². The normalized spacial score (nSPS) is 30.7. The molecule has 3 heteroatoms. The van der Waals surface area contributed by atoms with Crippen LogP contribution in [0.4, 0.5) is 0 Å². The average Bonchev–Trinajstić information content (AvgIpc) is 2.62. The first kappa shape index (κ1) is 10.6. The maximum atomic E-state index is 5.63. The van der Waals surface area contributed by atoms with E-state index in [9.17, 15) is 0 Å². The van der Waals surface area contributed by atoms with Gasteiger partial charge in [0, 0.05) is 18.0 Å². The Bertz CT molecular complexity index is 297. The molecule has 1 heterocycles. The van der Waals surface area contributed by atoms with Crippen LogP contribution in [0.3, 0.4) is 0 Å². The Morgan fingerprint density at radius 1 is 1.20 bits per heavy atom. The lowest BCUT2D eigenvalue weighted by Crippen LogP contribution is -2.33. The van der Waals surface area contributed by atoms with Gasteiger partial charge in [0.25, 0.3) is 0 Å². The molecule has 15 heavy (non-hydrogen) atoms. The van der Waals surface area contributed by atoms with E-state index < -0.39 is 0 Å². The molecule has 1 aliphatic rings. The lowest BCUT2D eigenvalue weighted by atomic mass is 9.86. The summed E-state index contributed by atoms with van der Waals surface area (Å²) in [4.78, 5) is 0. The van der Waals surface area contributed by atoms with Crippen LogP contribution in [0.5, 0.6) is 0 Å². The number of nitrogens with one attached hydrogen (secondary N) is 2. The van der Waals surface area contributed by atoms with Crippen molar-refractivity contribution in [3.63, 3.8) is 0 Å². The summed E-state index contributed by atoms with van der Waals surface area (Å²) in [6.07, 6.45) is 1.01. The van der Waals surface area contributed by atoms with Crippen molar-refractivity contribution < 1.29 is 0 Å². The largest absolute Gasteiger partial charge is 0.330 e. The van der Waals surface area contributed by atoms with Crippen molar-refractivity contribution in [1.82, 2.24) is 10.9 Å². The third-order valence-corrected chi connectivity index (χ3v) is 3.13. The Labute approximate surface area is 91.0 Å². The second-order valence-corrected chi connectivity index (χ2v) is 4.20. The summed E-state index contributed by atoms with van der Waals surface area (Å²) in [5.74, 6) is 0.523. The fourth-order valence-corrected chi connectivity index (χ4v) is 2.39. The van der Waals surface area contributed by atoms with Crippen LogP contribution in [0.1, 0.15) is 24.8 Å². The lowest BCUT2D eigenvalue weighted by Gasteiger charge is -2.20. The first-order valence-corrected chi connectivity index (χ1v) is 5.59. The summed E-state index contributed by atoms with van der Waals surface area (Å²) >= 11 is 0. The number of hydrogen-bond donors (Lipinski definition) is 3. The Morgan fingerprint density at radius 3 is 2.60 bits per heavy atom. The first-order chi connectivity index (χ1) is 7.33. The molecule has 1 saturated heterocycles. The fraction of sp³-hybridized carbons (Fsp3) is 0.500. The molecule has 2 rings (SSSR count). The van der Waals surface area contributed by atoms with Crippen molar-refractivity contribution in [3.8, 4) is 0 Å². The zero-order valence-corrected chi connectivity index (χ0v) is 9.11. The molecule has 0 bridgehead atoms. The summed E-state index contributed by atoms with van der Waals surface area (Å²) in [5.41, 5.74) is 13.6. The van der Waals surface area contributed by atoms with E-state index in [1.807, 2.05) is 0 Å². The first-order valence-electron chi connectivity index (χ1n) is 5.59. The number of hydrazine groups is 1. The molecule has 82 valence electrons. The van der Waals surface area contributed by atoms with Crippen molar-refractivity contribution in [2.45, 2.75) is 31.3 Å². The van der Waals surface area contributed by atoms with Gasteiger partial charge in [-0.15, -0.1) is 0 Å². The maximum absolute atomic E-state index is 5.63. The van der Waals surface area contributed by atoms with Crippen molar-refractivity contribution in [3.05, 3.63) is 35.9 Å². The minimum atomic E-state index is 0.451. The highest BCUT2D eigenvalue weighted by atomic mass is 15.4. The van der Waals surface area contributed by atoms with Gasteiger partial charge < -0.3 is 5.73 Å². The summed E-state index contributed by atoms with van der Waals surface area (Å²) in [7, 11) is 0. The van der Waals surface area contributed by atoms with Crippen molar-refractivity contribution in [2.75, 3.05) is 6.54 Å². The van der Waals surface area contributed by atoms with Crippen LogP contribution in [-0.4, -0.2) is 18.6 Å². The summed E-state index contributed by atoms with van der Waals surface area (Å²) < 4.78 is 0. The molecule has 0 saturated carbocycles. The van der Waals surface area contributed by atoms with E-state index in [1.54, 1.807) is 0 Å². The standard InChI is InChI=1S/C12H19N3/c1-9-12(10-5-3-2-4-6-10)11(7-8-13)15-14-9/h2-6,9,11-12,14-15H,7-8,13H2,1H3. The predicted molar refractivity (Wildman–Crippen MR) is 62.4 cm³/mol. The van der Waals surface area contributed by atoms with Crippen LogP contribution in [0.2, 0.25) is 0 Å². The Balaban J connectivity index is 2.17. The fourth-order valence-electron chi connectivity index (χ4n) is 2.39. The highest BCUT2D eigenvalue weighted by Crippen LogP contribution is 2.28. The molecule has 1 aromatic carbocycles. The third-order valence-electron chi connectivity index (χ3n) is 3.13. The van der Waals surface area contributed by atoms with Gasteiger partial charge in [-0.3, -0.25) is 10.9 Å². The lowest BCUT2D eigenvalue weighted by molar-refractivity contribution is 0.498. The number of hydrogen-bond acceptors (Lipinski definition) is 3. The number of nitrogens with two attached hydrogens (primary N) is 1. The van der Waals surface area contributed by atoms with E-state index in [4.69, 9.17) is 5.73 Å². The molecule has 0 aliphatic carbocycles. The van der Waals surface area contributed by atoms with Gasteiger partial charge in [0.05, 0.1) is 0 Å². The van der Waals surface area contributed by atoms with Crippen LogP contribution in [-0.2, 0) is 0 Å². The number of rotatable bonds is 3. The zero-order valence-electron chi connectivity index (χ0n) is 9.11. The monoisotopic (exact) mass is 205 g/mol. The highest BCUT2D eigenvalue weighted by molar-refractivity contribution is 5.24. The topological polar surface area (TPSA) is 50.1 Å². The molecule has 0 radical (unpaired) electrons. The van der Waals surface area contributed by atoms with E-state index in [2.05, 4.69) is 48.1 Å². The van der Waals surface area contributed by atoms with Crippen LogP contribution in [0.25, 0.3) is 0 Å². The molecule has 3 nitrogen and oxygen atoms in total. The molecule has 1 aromatic rings. The van der Waals surface area contributed by atoms with E-state index in [1.165, 1.54) is 5.56 Å². The van der Waals surface area contributed by atoms with Gasteiger partial charge in [-0.1, -0.05) is 30.3 Å². The summed E-state index contributed by atoms with van der Waals surface area (Å²) in [5, 5.41) is 0. The smallest absolute Gasteiger partial charge is 0.0309 e. The Morgan fingerprint density at radius 2 is 1.93 bits per heavy atom. The van der Waals surface area contributed by atoms with E-state index >= 15 is 0 Å². The molecular formula is C12H19N3. The molecule has 3 unspecified atom stereocenters. The molecule has 1 aliphatic heterocycles. The van der Waals surface area contributed by atoms with Crippen molar-refractivity contribution in [2.24, 2.45) is 5.73 Å². The van der Waals surface area contributed by atoms with E-state index in [0.29, 0.717) is 18.0 Å². The summed E-state index contributed by atoms with van der Waals surface area (Å²) in [6.45, 7) is 2.94. The van der Waals surface area contributed by atoms with Gasteiger partial charge in [-0.05, 0) is 25.5 Å². The van der Waals surface area contributed by atoms with Gasteiger partial charge in [0.2, 0.25) is 0 Å². The highest BCUT2D eigenvalue weighted by Gasteiger charge is 2.33. The minimum absolute atomic E-state index is 0.451. The second kappa shape index (κ2) is 4.75. The van der Waals surface area contributed by atoms with Crippen LogP contribution in [0.15, 0.2) is 30.3 Å². The Hall–Kier alpha value is -0.900. The minimum Gasteiger partial charge on any atom is -0.330 e. The van der Waals surface area contributed by atoms with E-state index in [0.717, 1.165) is 13.0 Å². The van der Waals surface area contributed by atoms with Gasteiger partial charge >= 0.3 is 0 Å².